The van der Waals surface area contributed by atoms with Crippen LogP contribution < -0.4 is 5.32 Å². The predicted molar refractivity (Wildman–Crippen MR) is 93.5 cm³/mol. The van der Waals surface area contributed by atoms with Gasteiger partial charge < -0.3 is 10.1 Å². The van der Waals surface area contributed by atoms with Gasteiger partial charge in [0.1, 0.15) is 18.1 Å². The number of rotatable bonds is 4. The standard InChI is InChI=1S/C18H21F4NO2S/c1-16(2,3)25-15(24)9-11-4-5-13(20)12(8-11)17(10-19)18(21,22)7-6-14(26)23-17/h4-5,8H,6-7,9-10H2,1-3H3,(H,23,26)/t17-/m1/s1. The summed E-state index contributed by atoms with van der Waals surface area (Å²) >= 11 is 4.92. The van der Waals surface area contributed by atoms with Crippen LogP contribution in [0, 0.1) is 5.82 Å². The molecule has 0 spiro atoms. The van der Waals surface area contributed by atoms with Gasteiger partial charge in [-0.25, -0.2) is 17.6 Å². The van der Waals surface area contributed by atoms with E-state index in [0.717, 1.165) is 12.1 Å². The maximum Gasteiger partial charge on any atom is 0.310 e. The average Bonchev–Trinajstić information content (AvgIpc) is 2.50. The quantitative estimate of drug-likeness (QED) is 0.474. The average molecular weight is 391 g/mol. The van der Waals surface area contributed by atoms with Gasteiger partial charge >= 0.3 is 5.97 Å². The van der Waals surface area contributed by atoms with Crippen LogP contribution in [0.15, 0.2) is 18.2 Å². The van der Waals surface area contributed by atoms with E-state index in [-0.39, 0.29) is 23.4 Å². The molecular formula is C18H21F4NO2S. The normalized spacial score (nSPS) is 22.7. The van der Waals surface area contributed by atoms with E-state index in [9.17, 15) is 22.4 Å². The van der Waals surface area contributed by atoms with Crippen molar-refractivity contribution in [3.8, 4) is 0 Å². The maximum atomic E-state index is 14.6. The third-order valence-corrected chi connectivity index (χ3v) is 4.41. The molecule has 0 aromatic heterocycles. The lowest BCUT2D eigenvalue weighted by molar-refractivity contribution is -0.153. The van der Waals surface area contributed by atoms with Gasteiger partial charge in [-0.05, 0) is 38.5 Å². The highest BCUT2D eigenvalue weighted by Crippen LogP contribution is 2.45. The van der Waals surface area contributed by atoms with Crippen LogP contribution >= 0.6 is 12.2 Å². The lowest BCUT2D eigenvalue weighted by Crippen LogP contribution is -2.62. The summed E-state index contributed by atoms with van der Waals surface area (Å²) in [7, 11) is 0. The van der Waals surface area contributed by atoms with Gasteiger partial charge in [-0.1, -0.05) is 18.3 Å². The number of nitrogens with one attached hydrogen (secondary N) is 1. The van der Waals surface area contributed by atoms with E-state index in [0.29, 0.717) is 0 Å². The number of benzene rings is 1. The Labute approximate surface area is 155 Å². The Hall–Kier alpha value is -1.70. The Morgan fingerprint density at radius 3 is 2.58 bits per heavy atom. The highest BCUT2D eigenvalue weighted by Gasteiger charge is 2.58. The second kappa shape index (κ2) is 7.13. The molecule has 0 amide bonds. The first kappa shape index (κ1) is 20.6. The van der Waals surface area contributed by atoms with Crippen molar-refractivity contribution in [3.05, 3.63) is 35.1 Å². The molecule has 1 atom stereocenters. The number of halogens is 4. The largest absolute Gasteiger partial charge is 0.460 e. The van der Waals surface area contributed by atoms with Crippen LogP contribution in [0.1, 0.15) is 44.7 Å². The van der Waals surface area contributed by atoms with Gasteiger partial charge in [0.05, 0.1) is 11.4 Å². The number of ether oxygens (including phenoxy) is 1. The zero-order valence-electron chi connectivity index (χ0n) is 14.8. The fraction of sp³-hybridized carbons (Fsp3) is 0.556. The third-order valence-electron chi connectivity index (χ3n) is 4.10. The first-order valence-corrected chi connectivity index (χ1v) is 8.56. The van der Waals surface area contributed by atoms with Crippen molar-refractivity contribution in [2.24, 2.45) is 0 Å². The number of esters is 1. The van der Waals surface area contributed by atoms with Crippen LogP contribution in [0.5, 0.6) is 0 Å². The van der Waals surface area contributed by atoms with Crippen molar-refractivity contribution in [2.45, 2.75) is 57.1 Å². The zero-order valence-corrected chi connectivity index (χ0v) is 15.6. The molecule has 1 aliphatic heterocycles. The minimum atomic E-state index is -3.55. The van der Waals surface area contributed by atoms with Crippen LogP contribution in [0.3, 0.4) is 0 Å². The Morgan fingerprint density at radius 2 is 2.00 bits per heavy atom. The molecule has 0 bridgehead atoms. The fourth-order valence-corrected chi connectivity index (χ4v) is 3.17. The second-order valence-electron chi connectivity index (χ2n) is 7.37. The summed E-state index contributed by atoms with van der Waals surface area (Å²) in [5.74, 6) is -5.13. The van der Waals surface area contributed by atoms with Gasteiger partial charge in [0.15, 0.2) is 5.54 Å². The Kier molecular flexibility index (Phi) is 5.66. The Bertz CT molecular complexity index is 718. The molecule has 1 aromatic carbocycles. The minimum Gasteiger partial charge on any atom is -0.460 e. The molecule has 1 aliphatic rings. The van der Waals surface area contributed by atoms with Crippen LogP contribution in [0.2, 0.25) is 0 Å². The highest BCUT2D eigenvalue weighted by molar-refractivity contribution is 7.80. The summed E-state index contributed by atoms with van der Waals surface area (Å²) in [5.41, 5.74) is -3.61. The van der Waals surface area contributed by atoms with Gasteiger partial charge in [0, 0.05) is 18.4 Å². The van der Waals surface area contributed by atoms with Crippen molar-refractivity contribution in [1.82, 2.24) is 5.32 Å². The predicted octanol–water partition coefficient (Wildman–Crippen LogP) is 4.22. The first-order valence-electron chi connectivity index (χ1n) is 8.16. The molecule has 144 valence electrons. The summed E-state index contributed by atoms with van der Waals surface area (Å²) in [4.78, 5) is 12.0. The second-order valence-corrected chi connectivity index (χ2v) is 7.86. The molecule has 1 saturated heterocycles. The van der Waals surface area contributed by atoms with E-state index in [1.165, 1.54) is 6.07 Å². The SMILES string of the molecule is CC(C)(C)OC(=O)Cc1ccc(F)c([C@@]2(CF)NC(=S)CCC2(F)F)c1. The molecule has 0 unspecified atom stereocenters. The molecule has 0 aliphatic carbocycles. The van der Waals surface area contributed by atoms with E-state index in [2.05, 4.69) is 5.32 Å². The molecule has 26 heavy (non-hydrogen) atoms. The van der Waals surface area contributed by atoms with E-state index in [4.69, 9.17) is 17.0 Å². The maximum absolute atomic E-state index is 14.6. The van der Waals surface area contributed by atoms with Gasteiger partial charge in [0.2, 0.25) is 0 Å². The minimum absolute atomic E-state index is 0.0468. The Balaban J connectivity index is 2.42. The molecule has 1 fully saturated rings. The van der Waals surface area contributed by atoms with Crippen LogP contribution in [0.25, 0.3) is 0 Å². The van der Waals surface area contributed by atoms with E-state index >= 15 is 0 Å². The zero-order chi connectivity index (χ0) is 19.8. The van der Waals surface area contributed by atoms with E-state index < -0.39 is 47.5 Å². The van der Waals surface area contributed by atoms with Crippen LogP contribution in [-0.4, -0.2) is 29.2 Å². The fourth-order valence-electron chi connectivity index (χ4n) is 2.90. The van der Waals surface area contributed by atoms with E-state index in [1.807, 2.05) is 0 Å². The van der Waals surface area contributed by atoms with Crippen molar-refractivity contribution in [1.29, 1.82) is 0 Å². The number of hydrogen-bond acceptors (Lipinski definition) is 3. The van der Waals surface area contributed by atoms with Crippen molar-refractivity contribution in [3.63, 3.8) is 0 Å². The third kappa shape index (κ3) is 4.16. The smallest absolute Gasteiger partial charge is 0.310 e. The van der Waals surface area contributed by atoms with Gasteiger partial charge in [0.25, 0.3) is 5.92 Å². The molecule has 0 saturated carbocycles. The number of hydrogen-bond donors (Lipinski definition) is 1. The Morgan fingerprint density at radius 1 is 1.35 bits per heavy atom. The number of alkyl halides is 3. The number of carbonyl (C=O) groups is 1. The van der Waals surface area contributed by atoms with Crippen molar-refractivity contribution in [2.75, 3.05) is 6.67 Å². The molecule has 2 rings (SSSR count). The van der Waals surface area contributed by atoms with E-state index in [1.54, 1.807) is 20.8 Å². The number of thiocarbonyl (C=S) groups is 1. The van der Waals surface area contributed by atoms with Gasteiger partial charge in [-0.2, -0.15) is 0 Å². The molecule has 0 radical (unpaired) electrons. The summed E-state index contributed by atoms with van der Waals surface area (Å²) in [6.45, 7) is 3.51. The monoisotopic (exact) mass is 391 g/mol. The first-order chi connectivity index (χ1) is 11.9. The lowest BCUT2D eigenvalue weighted by atomic mass is 9.79. The lowest BCUT2D eigenvalue weighted by Gasteiger charge is -2.44. The van der Waals surface area contributed by atoms with Crippen LogP contribution in [-0.2, 0) is 21.5 Å². The van der Waals surface area contributed by atoms with Crippen molar-refractivity contribution >= 4 is 23.2 Å². The molecule has 8 heteroatoms. The summed E-state index contributed by atoms with van der Waals surface area (Å²) < 4.78 is 62.5. The van der Waals surface area contributed by atoms with Crippen LogP contribution in [0.4, 0.5) is 17.6 Å². The summed E-state index contributed by atoms with van der Waals surface area (Å²) in [6.07, 6.45) is -1.04. The molecule has 1 aromatic rings. The molecular weight excluding hydrogens is 370 g/mol. The highest BCUT2D eigenvalue weighted by atomic mass is 32.1. The molecule has 1 N–H and O–H groups in total. The van der Waals surface area contributed by atoms with Crippen molar-refractivity contribution < 1.29 is 27.1 Å². The summed E-state index contributed by atoms with van der Waals surface area (Å²) in [5, 5.41) is 2.30. The number of carbonyl (C=O) groups excluding carboxylic acids is 1. The topological polar surface area (TPSA) is 38.3 Å². The molecule has 3 nitrogen and oxygen atoms in total. The molecule has 1 heterocycles. The summed E-state index contributed by atoms with van der Waals surface area (Å²) in [6, 6.07) is 3.31. The van der Waals surface area contributed by atoms with Gasteiger partial charge in [-0.3, -0.25) is 4.79 Å². The number of piperidine rings is 1. The van der Waals surface area contributed by atoms with Gasteiger partial charge in [-0.15, -0.1) is 0 Å².